The minimum absolute atomic E-state index is 0.000269. The molecule has 0 aliphatic carbocycles. The maximum absolute atomic E-state index is 12.0. The van der Waals surface area contributed by atoms with E-state index in [1.54, 1.807) is 7.11 Å². The van der Waals surface area contributed by atoms with Crippen molar-refractivity contribution in [3.63, 3.8) is 0 Å². The number of benzene rings is 2. The summed E-state index contributed by atoms with van der Waals surface area (Å²) in [7, 11) is 1.59. The Bertz CT molecular complexity index is 1030. The van der Waals surface area contributed by atoms with Gasteiger partial charge in [0.25, 0.3) is 0 Å². The van der Waals surface area contributed by atoms with Crippen molar-refractivity contribution in [2.24, 2.45) is 0 Å². The van der Waals surface area contributed by atoms with Gasteiger partial charge in [0.05, 0.1) is 26.9 Å². The molecule has 10 heteroatoms. The van der Waals surface area contributed by atoms with Crippen molar-refractivity contribution in [1.29, 1.82) is 0 Å². The smallest absolute Gasteiger partial charge is 0.303 e. The lowest BCUT2D eigenvalue weighted by Gasteiger charge is -2.45. The van der Waals surface area contributed by atoms with Crippen molar-refractivity contribution in [3.8, 4) is 5.75 Å². The van der Waals surface area contributed by atoms with Crippen molar-refractivity contribution in [2.45, 2.75) is 64.6 Å². The van der Waals surface area contributed by atoms with Gasteiger partial charge in [-0.2, -0.15) is 0 Å². The third-order valence-electron chi connectivity index (χ3n) is 5.59. The number of carbonyl (C=O) groups excluding carboxylic acids is 3. The maximum Gasteiger partial charge on any atom is 0.303 e. The molecule has 2 aromatic rings. The van der Waals surface area contributed by atoms with E-state index >= 15 is 0 Å². The van der Waals surface area contributed by atoms with Crippen LogP contribution in [-0.2, 0) is 51.3 Å². The maximum atomic E-state index is 12.0. The van der Waals surface area contributed by atoms with Crippen LogP contribution in [-0.4, -0.2) is 62.2 Å². The second-order valence-corrected chi connectivity index (χ2v) is 8.58. The molecule has 10 nitrogen and oxygen atoms in total. The van der Waals surface area contributed by atoms with Gasteiger partial charge >= 0.3 is 11.9 Å². The Labute approximate surface area is 216 Å². The molecule has 0 aromatic heterocycles. The zero-order valence-electron chi connectivity index (χ0n) is 21.4. The van der Waals surface area contributed by atoms with E-state index in [9.17, 15) is 14.4 Å². The lowest BCUT2D eigenvalue weighted by Crippen LogP contribution is -2.66. The summed E-state index contributed by atoms with van der Waals surface area (Å²) in [5.41, 5.74) is 1.77. The van der Waals surface area contributed by atoms with Crippen molar-refractivity contribution in [2.75, 3.05) is 13.7 Å². The van der Waals surface area contributed by atoms with E-state index in [0.29, 0.717) is 0 Å². The summed E-state index contributed by atoms with van der Waals surface area (Å²) in [4.78, 5) is 36.0. The summed E-state index contributed by atoms with van der Waals surface area (Å²) in [5.74, 6) is -0.883. The molecule has 37 heavy (non-hydrogen) atoms. The first-order valence-corrected chi connectivity index (χ1v) is 11.9. The fraction of sp³-hybridized carbons (Fsp3) is 0.444. The van der Waals surface area contributed by atoms with E-state index in [1.165, 1.54) is 20.8 Å². The lowest BCUT2D eigenvalue weighted by molar-refractivity contribution is -0.282. The molecular weight excluding hydrogens is 482 g/mol. The molecule has 1 heterocycles. The van der Waals surface area contributed by atoms with Crippen LogP contribution in [0.15, 0.2) is 54.6 Å². The first kappa shape index (κ1) is 28.1. The van der Waals surface area contributed by atoms with Crippen molar-refractivity contribution < 1.29 is 42.8 Å². The molecule has 1 aliphatic rings. The number of hydrogen-bond donors (Lipinski definition) is 1. The number of amides is 1. The highest BCUT2D eigenvalue weighted by Gasteiger charge is 2.51. The van der Waals surface area contributed by atoms with Gasteiger partial charge in [-0.15, -0.1) is 0 Å². The van der Waals surface area contributed by atoms with Gasteiger partial charge in [0.1, 0.15) is 17.9 Å². The molecule has 0 saturated carbocycles. The van der Waals surface area contributed by atoms with Gasteiger partial charge in [0.15, 0.2) is 18.5 Å². The van der Waals surface area contributed by atoms with Crippen LogP contribution in [0.2, 0.25) is 0 Å². The Kier molecular flexibility index (Phi) is 10.4. The van der Waals surface area contributed by atoms with Gasteiger partial charge in [-0.1, -0.05) is 42.5 Å². The fourth-order valence-corrected chi connectivity index (χ4v) is 4.00. The summed E-state index contributed by atoms with van der Waals surface area (Å²) in [6.45, 7) is 4.22. The number of methoxy groups -OCH3 is 1. The van der Waals surface area contributed by atoms with Crippen molar-refractivity contribution in [1.82, 2.24) is 5.32 Å². The average Bonchev–Trinajstić information content (AvgIpc) is 2.86. The fourth-order valence-electron chi connectivity index (χ4n) is 4.00. The van der Waals surface area contributed by atoms with Gasteiger partial charge in [-0.3, -0.25) is 14.4 Å². The molecular formula is C27H33NO9. The highest BCUT2D eigenvalue weighted by Crippen LogP contribution is 2.28. The lowest BCUT2D eigenvalue weighted by atomic mass is 9.96. The number of nitrogens with one attached hydrogen (secondary N) is 1. The van der Waals surface area contributed by atoms with Gasteiger partial charge in [0.2, 0.25) is 5.91 Å². The number of hydrogen-bond acceptors (Lipinski definition) is 9. The van der Waals surface area contributed by atoms with Crippen LogP contribution >= 0.6 is 0 Å². The van der Waals surface area contributed by atoms with Crippen LogP contribution in [0, 0.1) is 0 Å². The summed E-state index contributed by atoms with van der Waals surface area (Å²) in [6, 6.07) is 15.8. The molecule has 1 aliphatic heterocycles. The molecule has 1 amide bonds. The average molecular weight is 516 g/mol. The normalized spacial score (nSPS) is 23.1. The number of rotatable bonds is 11. The van der Waals surface area contributed by atoms with Crippen molar-refractivity contribution in [3.05, 3.63) is 65.7 Å². The topological polar surface area (TPSA) is 119 Å². The zero-order valence-corrected chi connectivity index (χ0v) is 21.4. The Morgan fingerprint density at radius 1 is 0.838 bits per heavy atom. The van der Waals surface area contributed by atoms with Gasteiger partial charge < -0.3 is 33.7 Å². The third kappa shape index (κ3) is 8.56. The van der Waals surface area contributed by atoms with Gasteiger partial charge in [-0.25, -0.2) is 0 Å². The Morgan fingerprint density at radius 3 is 2.05 bits per heavy atom. The minimum atomic E-state index is -1.07. The third-order valence-corrected chi connectivity index (χ3v) is 5.59. The number of ether oxygens (including phenoxy) is 6. The van der Waals surface area contributed by atoms with Crippen LogP contribution in [0.3, 0.4) is 0 Å². The summed E-state index contributed by atoms with van der Waals surface area (Å²) >= 11 is 0. The van der Waals surface area contributed by atoms with Crippen LogP contribution in [0.25, 0.3) is 0 Å². The van der Waals surface area contributed by atoms with E-state index < -0.39 is 48.5 Å². The Morgan fingerprint density at radius 2 is 1.46 bits per heavy atom. The number of esters is 2. The Balaban J connectivity index is 1.82. The summed E-state index contributed by atoms with van der Waals surface area (Å²) in [6.07, 6.45) is -3.99. The second kappa shape index (κ2) is 13.7. The van der Waals surface area contributed by atoms with E-state index in [0.717, 1.165) is 16.9 Å². The first-order valence-electron chi connectivity index (χ1n) is 11.9. The highest BCUT2D eigenvalue weighted by molar-refractivity contribution is 5.73. The molecule has 0 spiro atoms. The molecule has 1 fully saturated rings. The van der Waals surface area contributed by atoms with E-state index in [1.807, 2.05) is 54.6 Å². The predicted octanol–water partition coefficient (Wildman–Crippen LogP) is 2.52. The summed E-state index contributed by atoms with van der Waals surface area (Å²) < 4.78 is 34.3. The molecule has 0 unspecified atom stereocenters. The largest absolute Gasteiger partial charge is 0.497 e. The zero-order chi connectivity index (χ0) is 26.8. The summed E-state index contributed by atoms with van der Waals surface area (Å²) in [5, 5.41) is 2.73. The second-order valence-electron chi connectivity index (χ2n) is 8.58. The molecule has 0 radical (unpaired) electrons. The standard InChI is InChI=1S/C27H33NO9/c1-17(29)28-24-26(36-19(3)31)25(35-18(2)30)23(16-33-14-21-10-12-22(32-4)13-11-21)37-27(24)34-15-20-8-6-5-7-9-20/h5-13,23-27H,14-16H2,1-4H3,(H,28,29)/t23-,24-,25-,26-,27+/m1/s1. The molecule has 2 aromatic carbocycles. The molecule has 200 valence electrons. The first-order chi connectivity index (χ1) is 17.8. The molecule has 5 atom stereocenters. The van der Waals surface area contributed by atoms with Crippen molar-refractivity contribution >= 4 is 17.8 Å². The van der Waals surface area contributed by atoms with Crippen LogP contribution in [0.1, 0.15) is 31.9 Å². The molecule has 1 N–H and O–H groups in total. The quantitative estimate of drug-likeness (QED) is 0.450. The van der Waals surface area contributed by atoms with Crippen LogP contribution in [0.4, 0.5) is 0 Å². The van der Waals surface area contributed by atoms with E-state index in [2.05, 4.69) is 5.32 Å². The highest BCUT2D eigenvalue weighted by atomic mass is 16.7. The van der Waals surface area contributed by atoms with E-state index in [4.69, 9.17) is 28.4 Å². The van der Waals surface area contributed by atoms with Gasteiger partial charge in [0, 0.05) is 20.8 Å². The van der Waals surface area contributed by atoms with Crippen LogP contribution in [0.5, 0.6) is 5.75 Å². The predicted molar refractivity (Wildman–Crippen MR) is 131 cm³/mol. The van der Waals surface area contributed by atoms with E-state index in [-0.39, 0.29) is 19.8 Å². The monoisotopic (exact) mass is 515 g/mol. The van der Waals surface area contributed by atoms with Crippen LogP contribution < -0.4 is 10.1 Å². The Hall–Kier alpha value is -3.47. The SMILES string of the molecule is COc1ccc(COC[C@H]2O[C@H](OCc3ccccc3)[C@H](NC(C)=O)[C@@H](OC(C)=O)[C@@H]2OC(C)=O)cc1. The molecule has 0 bridgehead atoms. The van der Waals surface area contributed by atoms with Gasteiger partial charge in [-0.05, 0) is 23.3 Å². The molecule has 3 rings (SSSR count). The minimum Gasteiger partial charge on any atom is -0.497 e. The number of carbonyl (C=O) groups is 3. The molecule has 1 saturated heterocycles.